The summed E-state index contributed by atoms with van der Waals surface area (Å²) in [6.45, 7) is 4.77. The molecule has 0 saturated carbocycles. The number of nitrogens with one attached hydrogen (secondary N) is 1. The Morgan fingerprint density at radius 3 is 2.33 bits per heavy atom. The summed E-state index contributed by atoms with van der Waals surface area (Å²) >= 11 is 0. The SMILES string of the molecule is Cc1ccc([C@@H](C)NC(=O)c2ccc(N3CCCC3=O)cc2)cc1. The minimum atomic E-state index is -0.109. The van der Waals surface area contributed by atoms with E-state index in [2.05, 4.69) is 5.32 Å². The maximum atomic E-state index is 12.4. The first-order chi connectivity index (χ1) is 11.5. The Morgan fingerprint density at radius 2 is 1.75 bits per heavy atom. The molecule has 1 aliphatic rings. The van der Waals surface area contributed by atoms with Gasteiger partial charge in [0.25, 0.3) is 5.91 Å². The zero-order valence-corrected chi connectivity index (χ0v) is 14.1. The normalized spacial score (nSPS) is 15.4. The summed E-state index contributed by atoms with van der Waals surface area (Å²) in [5.74, 6) is 0.0440. The van der Waals surface area contributed by atoms with Gasteiger partial charge in [-0.15, -0.1) is 0 Å². The van der Waals surface area contributed by atoms with Crippen molar-refractivity contribution in [2.75, 3.05) is 11.4 Å². The van der Waals surface area contributed by atoms with Crippen LogP contribution in [0.5, 0.6) is 0 Å². The number of carbonyl (C=O) groups excluding carboxylic acids is 2. The van der Waals surface area contributed by atoms with Crippen molar-refractivity contribution in [3.05, 3.63) is 65.2 Å². The van der Waals surface area contributed by atoms with Gasteiger partial charge in [-0.25, -0.2) is 0 Å². The highest BCUT2D eigenvalue weighted by Gasteiger charge is 2.21. The van der Waals surface area contributed by atoms with Gasteiger partial charge in [-0.05, 0) is 50.1 Å². The summed E-state index contributed by atoms with van der Waals surface area (Å²) in [6.07, 6.45) is 1.51. The lowest BCUT2D eigenvalue weighted by atomic mass is 10.1. The van der Waals surface area contributed by atoms with Gasteiger partial charge in [0.2, 0.25) is 5.91 Å². The summed E-state index contributed by atoms with van der Waals surface area (Å²) < 4.78 is 0. The van der Waals surface area contributed by atoms with Gasteiger partial charge < -0.3 is 10.2 Å². The van der Waals surface area contributed by atoms with E-state index < -0.39 is 0 Å². The van der Waals surface area contributed by atoms with Crippen LogP contribution in [-0.2, 0) is 4.79 Å². The van der Waals surface area contributed by atoms with Crippen LogP contribution >= 0.6 is 0 Å². The van der Waals surface area contributed by atoms with E-state index in [4.69, 9.17) is 0 Å². The first kappa shape index (κ1) is 16.2. The molecule has 0 aliphatic carbocycles. The standard InChI is InChI=1S/C20H22N2O2/c1-14-5-7-16(8-6-14)15(2)21-20(24)17-9-11-18(12-10-17)22-13-3-4-19(22)23/h5-12,15H,3-4,13H2,1-2H3,(H,21,24)/t15-/m1/s1. The van der Waals surface area contributed by atoms with Crippen molar-refractivity contribution < 1.29 is 9.59 Å². The maximum Gasteiger partial charge on any atom is 0.251 e. The lowest BCUT2D eigenvalue weighted by Crippen LogP contribution is -2.27. The second-order valence-electron chi connectivity index (χ2n) is 6.30. The number of benzene rings is 2. The molecule has 0 spiro atoms. The second kappa shape index (κ2) is 6.87. The number of hydrogen-bond acceptors (Lipinski definition) is 2. The Labute approximate surface area is 142 Å². The van der Waals surface area contributed by atoms with E-state index in [-0.39, 0.29) is 17.9 Å². The number of carbonyl (C=O) groups is 2. The van der Waals surface area contributed by atoms with E-state index in [0.717, 1.165) is 24.2 Å². The van der Waals surface area contributed by atoms with Gasteiger partial charge in [0.1, 0.15) is 0 Å². The highest BCUT2D eigenvalue weighted by atomic mass is 16.2. The summed E-state index contributed by atoms with van der Waals surface area (Å²) in [5.41, 5.74) is 3.74. The lowest BCUT2D eigenvalue weighted by Gasteiger charge is -2.17. The van der Waals surface area contributed by atoms with Gasteiger partial charge in [-0.1, -0.05) is 29.8 Å². The molecular weight excluding hydrogens is 300 g/mol. The molecule has 1 N–H and O–H groups in total. The van der Waals surface area contributed by atoms with Crippen LogP contribution in [0.25, 0.3) is 0 Å². The predicted molar refractivity (Wildman–Crippen MR) is 95.1 cm³/mol. The van der Waals surface area contributed by atoms with Crippen LogP contribution in [0.2, 0.25) is 0 Å². The van der Waals surface area contributed by atoms with Crippen molar-refractivity contribution >= 4 is 17.5 Å². The molecule has 1 atom stereocenters. The zero-order chi connectivity index (χ0) is 17.1. The highest BCUT2D eigenvalue weighted by molar-refractivity contribution is 5.97. The van der Waals surface area contributed by atoms with Crippen LogP contribution in [0, 0.1) is 6.92 Å². The number of anilines is 1. The molecule has 4 nitrogen and oxygen atoms in total. The number of aryl methyl sites for hydroxylation is 1. The van der Waals surface area contributed by atoms with Crippen molar-refractivity contribution in [1.29, 1.82) is 0 Å². The van der Waals surface area contributed by atoms with Crippen LogP contribution in [0.4, 0.5) is 5.69 Å². The Kier molecular flexibility index (Phi) is 4.65. The molecule has 2 amide bonds. The van der Waals surface area contributed by atoms with Crippen LogP contribution in [-0.4, -0.2) is 18.4 Å². The van der Waals surface area contributed by atoms with Crippen molar-refractivity contribution in [3.8, 4) is 0 Å². The average molecular weight is 322 g/mol. The number of amides is 2. The van der Waals surface area contributed by atoms with Gasteiger partial charge >= 0.3 is 0 Å². The minimum absolute atomic E-state index is 0.0575. The van der Waals surface area contributed by atoms with E-state index in [9.17, 15) is 9.59 Å². The third-order valence-corrected chi connectivity index (χ3v) is 4.44. The smallest absolute Gasteiger partial charge is 0.251 e. The van der Waals surface area contributed by atoms with E-state index in [1.807, 2.05) is 50.2 Å². The Morgan fingerprint density at radius 1 is 1.08 bits per heavy atom. The summed E-state index contributed by atoms with van der Waals surface area (Å²) in [5, 5.41) is 3.01. The minimum Gasteiger partial charge on any atom is -0.346 e. The molecular formula is C20H22N2O2. The molecule has 1 heterocycles. The van der Waals surface area contributed by atoms with Crippen LogP contribution < -0.4 is 10.2 Å². The topological polar surface area (TPSA) is 49.4 Å². The third kappa shape index (κ3) is 3.48. The van der Waals surface area contributed by atoms with Crippen LogP contribution in [0.3, 0.4) is 0 Å². The molecule has 4 heteroatoms. The quantitative estimate of drug-likeness (QED) is 0.935. The fourth-order valence-electron chi connectivity index (χ4n) is 2.93. The molecule has 0 unspecified atom stereocenters. The van der Waals surface area contributed by atoms with E-state index in [1.54, 1.807) is 17.0 Å². The first-order valence-electron chi connectivity index (χ1n) is 8.32. The number of rotatable bonds is 4. The first-order valence-corrected chi connectivity index (χ1v) is 8.32. The largest absolute Gasteiger partial charge is 0.346 e. The lowest BCUT2D eigenvalue weighted by molar-refractivity contribution is -0.117. The van der Waals surface area contributed by atoms with Gasteiger partial charge in [0, 0.05) is 24.2 Å². The van der Waals surface area contributed by atoms with Gasteiger partial charge in [-0.2, -0.15) is 0 Å². The average Bonchev–Trinajstić information content (AvgIpc) is 3.01. The molecule has 1 aliphatic heterocycles. The summed E-state index contributed by atoms with van der Waals surface area (Å²) in [7, 11) is 0. The summed E-state index contributed by atoms with van der Waals surface area (Å²) in [6, 6.07) is 15.3. The van der Waals surface area contributed by atoms with Crippen molar-refractivity contribution in [1.82, 2.24) is 5.32 Å². The molecule has 3 rings (SSSR count). The van der Waals surface area contributed by atoms with E-state index in [1.165, 1.54) is 5.56 Å². The molecule has 0 radical (unpaired) electrons. The Hall–Kier alpha value is -2.62. The third-order valence-electron chi connectivity index (χ3n) is 4.44. The molecule has 0 bridgehead atoms. The van der Waals surface area contributed by atoms with Crippen molar-refractivity contribution in [2.45, 2.75) is 32.7 Å². The highest BCUT2D eigenvalue weighted by Crippen LogP contribution is 2.22. The molecule has 2 aromatic carbocycles. The van der Waals surface area contributed by atoms with Crippen LogP contribution in [0.1, 0.15) is 47.3 Å². The fourth-order valence-corrected chi connectivity index (χ4v) is 2.93. The van der Waals surface area contributed by atoms with Crippen molar-refractivity contribution in [2.24, 2.45) is 0 Å². The maximum absolute atomic E-state index is 12.4. The number of hydrogen-bond donors (Lipinski definition) is 1. The zero-order valence-electron chi connectivity index (χ0n) is 14.1. The van der Waals surface area contributed by atoms with E-state index in [0.29, 0.717) is 12.0 Å². The van der Waals surface area contributed by atoms with Gasteiger partial charge in [-0.3, -0.25) is 9.59 Å². The fraction of sp³-hybridized carbons (Fsp3) is 0.300. The molecule has 1 saturated heterocycles. The predicted octanol–water partition coefficient (Wildman–Crippen LogP) is 3.61. The molecule has 1 fully saturated rings. The molecule has 2 aromatic rings. The molecule has 124 valence electrons. The van der Waals surface area contributed by atoms with Gasteiger partial charge in [0.05, 0.1) is 6.04 Å². The number of nitrogens with zero attached hydrogens (tertiary/aromatic N) is 1. The van der Waals surface area contributed by atoms with Gasteiger partial charge in [0.15, 0.2) is 0 Å². The van der Waals surface area contributed by atoms with E-state index >= 15 is 0 Å². The Balaban J connectivity index is 1.66. The van der Waals surface area contributed by atoms with Crippen molar-refractivity contribution in [3.63, 3.8) is 0 Å². The Bertz CT molecular complexity index is 735. The summed E-state index contributed by atoms with van der Waals surface area (Å²) in [4.78, 5) is 25.9. The monoisotopic (exact) mass is 322 g/mol. The van der Waals surface area contributed by atoms with Crippen LogP contribution in [0.15, 0.2) is 48.5 Å². The molecule has 0 aromatic heterocycles. The molecule has 24 heavy (non-hydrogen) atoms. The second-order valence-corrected chi connectivity index (χ2v) is 6.30.